The molecule has 0 aliphatic heterocycles. The smallest absolute Gasteiger partial charge is 0.320 e. The zero-order valence-electron chi connectivity index (χ0n) is 10.6. The van der Waals surface area contributed by atoms with Gasteiger partial charge in [0, 0.05) is 17.8 Å². The van der Waals surface area contributed by atoms with Gasteiger partial charge in [0.1, 0.15) is 5.82 Å². The van der Waals surface area contributed by atoms with Crippen LogP contribution in [0.2, 0.25) is 5.02 Å². The quantitative estimate of drug-likeness (QED) is 0.906. The van der Waals surface area contributed by atoms with Crippen molar-refractivity contribution >= 4 is 23.3 Å². The maximum absolute atomic E-state index is 11.9. The highest BCUT2D eigenvalue weighted by atomic mass is 35.5. The molecule has 0 spiro atoms. The molecule has 1 aromatic carbocycles. The summed E-state index contributed by atoms with van der Waals surface area (Å²) in [5.74, 6) is 1.29. The number of hydrogen-bond donors (Lipinski definition) is 2. The molecule has 2 N–H and O–H groups in total. The monoisotopic (exact) mass is 279 g/mol. The molecule has 0 unspecified atom stereocenters. The number of benzene rings is 1. The second-order valence-corrected chi connectivity index (χ2v) is 4.57. The summed E-state index contributed by atoms with van der Waals surface area (Å²) in [5, 5.41) is 10.0. The van der Waals surface area contributed by atoms with E-state index in [4.69, 9.17) is 11.6 Å². The van der Waals surface area contributed by atoms with Gasteiger partial charge < -0.3 is 10.2 Å². The van der Waals surface area contributed by atoms with E-state index < -0.39 is 0 Å². The number of hydrogen-bond acceptors (Lipinski definition) is 3. The fourth-order valence-corrected chi connectivity index (χ4v) is 1.72. The summed E-state index contributed by atoms with van der Waals surface area (Å²) in [6, 6.07) is 6.73. The molecule has 0 fully saturated rings. The van der Waals surface area contributed by atoms with Crippen LogP contribution in [0, 0.1) is 6.92 Å². The molecule has 0 atom stereocenters. The van der Waals surface area contributed by atoms with E-state index in [1.807, 2.05) is 6.92 Å². The Kier molecular flexibility index (Phi) is 4.01. The summed E-state index contributed by atoms with van der Waals surface area (Å²) in [4.78, 5) is 17.6. The van der Waals surface area contributed by atoms with Gasteiger partial charge in [0.25, 0.3) is 0 Å². The van der Waals surface area contributed by atoms with Crippen LogP contribution in [-0.4, -0.2) is 33.2 Å². The van der Waals surface area contributed by atoms with Crippen LogP contribution < -0.4 is 5.32 Å². The summed E-state index contributed by atoms with van der Waals surface area (Å²) in [6.07, 6.45) is 0. The number of urea groups is 1. The summed E-state index contributed by atoms with van der Waals surface area (Å²) in [7, 11) is 1.67. The number of H-pyrrole nitrogens is 1. The van der Waals surface area contributed by atoms with Gasteiger partial charge in [-0.2, -0.15) is 5.10 Å². The molecule has 19 heavy (non-hydrogen) atoms. The first-order chi connectivity index (χ1) is 9.04. The first-order valence-corrected chi connectivity index (χ1v) is 6.08. The molecule has 0 bridgehead atoms. The Balaban J connectivity index is 1.96. The third kappa shape index (κ3) is 3.69. The molecule has 100 valence electrons. The highest BCUT2D eigenvalue weighted by Crippen LogP contribution is 2.15. The van der Waals surface area contributed by atoms with Gasteiger partial charge in [0.05, 0.1) is 6.54 Å². The molecule has 2 amide bonds. The van der Waals surface area contributed by atoms with Crippen molar-refractivity contribution < 1.29 is 4.79 Å². The molecular weight excluding hydrogens is 266 g/mol. The third-order valence-corrected chi connectivity index (χ3v) is 2.68. The number of anilines is 1. The van der Waals surface area contributed by atoms with Gasteiger partial charge in [-0.1, -0.05) is 17.7 Å². The Bertz CT molecular complexity index is 583. The number of halogens is 1. The average molecular weight is 280 g/mol. The Morgan fingerprint density at radius 3 is 2.95 bits per heavy atom. The first kappa shape index (κ1) is 13.4. The highest BCUT2D eigenvalue weighted by molar-refractivity contribution is 6.30. The molecule has 0 radical (unpaired) electrons. The Labute approximate surface area is 115 Å². The van der Waals surface area contributed by atoms with E-state index in [9.17, 15) is 4.79 Å². The van der Waals surface area contributed by atoms with Crippen molar-refractivity contribution in [1.82, 2.24) is 20.1 Å². The maximum Gasteiger partial charge on any atom is 0.321 e. The van der Waals surface area contributed by atoms with Crippen LogP contribution in [0.1, 0.15) is 11.6 Å². The van der Waals surface area contributed by atoms with E-state index in [1.54, 1.807) is 31.3 Å². The Hall–Kier alpha value is -2.08. The lowest BCUT2D eigenvalue weighted by atomic mass is 10.3. The van der Waals surface area contributed by atoms with Gasteiger partial charge in [-0.15, -0.1) is 0 Å². The number of aromatic amines is 1. The van der Waals surface area contributed by atoms with Crippen LogP contribution in [0.25, 0.3) is 0 Å². The van der Waals surface area contributed by atoms with Crippen molar-refractivity contribution in [2.75, 3.05) is 12.4 Å². The minimum absolute atomic E-state index is 0.246. The standard InChI is InChI=1S/C12H14ClN5O/c1-8-14-11(17-16-8)7-18(2)12(19)15-10-5-3-4-9(13)6-10/h3-6H,7H2,1-2H3,(H,15,19)(H,14,16,17). The topological polar surface area (TPSA) is 73.9 Å². The van der Waals surface area contributed by atoms with Gasteiger partial charge in [-0.05, 0) is 25.1 Å². The SMILES string of the molecule is Cc1nc(CN(C)C(=O)Nc2cccc(Cl)c2)n[nH]1. The number of nitrogens with one attached hydrogen (secondary N) is 2. The normalized spacial score (nSPS) is 10.3. The van der Waals surface area contributed by atoms with Crippen molar-refractivity contribution in [3.63, 3.8) is 0 Å². The zero-order valence-corrected chi connectivity index (χ0v) is 11.4. The van der Waals surface area contributed by atoms with Crippen LogP contribution in [0.5, 0.6) is 0 Å². The van der Waals surface area contributed by atoms with Crippen LogP contribution in [0.4, 0.5) is 10.5 Å². The van der Waals surface area contributed by atoms with E-state index in [2.05, 4.69) is 20.5 Å². The van der Waals surface area contributed by atoms with Gasteiger partial charge in [-0.3, -0.25) is 5.10 Å². The van der Waals surface area contributed by atoms with E-state index >= 15 is 0 Å². The van der Waals surface area contributed by atoms with Gasteiger partial charge in [0.2, 0.25) is 0 Å². The van der Waals surface area contributed by atoms with Crippen molar-refractivity contribution in [1.29, 1.82) is 0 Å². The minimum Gasteiger partial charge on any atom is -0.320 e. The number of aryl methyl sites for hydroxylation is 1. The lowest BCUT2D eigenvalue weighted by Crippen LogP contribution is -2.31. The molecule has 0 saturated carbocycles. The lowest BCUT2D eigenvalue weighted by Gasteiger charge is -2.16. The largest absolute Gasteiger partial charge is 0.321 e. The number of rotatable bonds is 3. The number of carbonyl (C=O) groups is 1. The van der Waals surface area contributed by atoms with Gasteiger partial charge in [0.15, 0.2) is 5.82 Å². The minimum atomic E-state index is -0.246. The zero-order chi connectivity index (χ0) is 13.8. The predicted octanol–water partition coefficient (Wildman–Crippen LogP) is 2.43. The number of amides is 2. The molecule has 2 rings (SSSR count). The summed E-state index contributed by atoms with van der Waals surface area (Å²) in [6.45, 7) is 2.14. The Morgan fingerprint density at radius 1 is 1.53 bits per heavy atom. The molecule has 2 aromatic rings. The highest BCUT2D eigenvalue weighted by Gasteiger charge is 2.11. The van der Waals surface area contributed by atoms with E-state index in [0.717, 1.165) is 5.82 Å². The molecule has 0 saturated heterocycles. The summed E-state index contributed by atoms with van der Waals surface area (Å²) in [5.41, 5.74) is 0.649. The second-order valence-electron chi connectivity index (χ2n) is 4.13. The fourth-order valence-electron chi connectivity index (χ4n) is 1.53. The summed E-state index contributed by atoms with van der Waals surface area (Å²) >= 11 is 5.85. The predicted molar refractivity (Wildman–Crippen MR) is 73.1 cm³/mol. The van der Waals surface area contributed by atoms with Crippen LogP contribution >= 0.6 is 11.6 Å². The van der Waals surface area contributed by atoms with Crippen molar-refractivity contribution in [2.24, 2.45) is 0 Å². The average Bonchev–Trinajstić information content (AvgIpc) is 2.74. The van der Waals surface area contributed by atoms with Crippen molar-refractivity contribution in [3.8, 4) is 0 Å². The van der Waals surface area contributed by atoms with Crippen molar-refractivity contribution in [3.05, 3.63) is 40.9 Å². The van der Waals surface area contributed by atoms with Crippen LogP contribution in [0.15, 0.2) is 24.3 Å². The Morgan fingerprint density at radius 2 is 2.32 bits per heavy atom. The van der Waals surface area contributed by atoms with E-state index in [-0.39, 0.29) is 6.03 Å². The first-order valence-electron chi connectivity index (χ1n) is 5.70. The van der Waals surface area contributed by atoms with E-state index in [1.165, 1.54) is 4.90 Å². The lowest BCUT2D eigenvalue weighted by molar-refractivity contribution is 0.219. The van der Waals surface area contributed by atoms with Crippen LogP contribution in [-0.2, 0) is 6.54 Å². The molecule has 1 aromatic heterocycles. The van der Waals surface area contributed by atoms with Gasteiger partial charge >= 0.3 is 6.03 Å². The van der Waals surface area contributed by atoms with Crippen molar-refractivity contribution in [2.45, 2.75) is 13.5 Å². The van der Waals surface area contributed by atoms with Gasteiger partial charge in [-0.25, -0.2) is 9.78 Å². The molecule has 7 heteroatoms. The number of nitrogens with zero attached hydrogens (tertiary/aromatic N) is 3. The number of carbonyl (C=O) groups excluding carboxylic acids is 1. The number of aromatic nitrogens is 3. The fraction of sp³-hybridized carbons (Fsp3) is 0.250. The molecule has 0 aliphatic carbocycles. The van der Waals surface area contributed by atoms with E-state index in [0.29, 0.717) is 23.1 Å². The summed E-state index contributed by atoms with van der Waals surface area (Å²) < 4.78 is 0. The van der Waals surface area contributed by atoms with Crippen LogP contribution in [0.3, 0.4) is 0 Å². The maximum atomic E-state index is 11.9. The molecule has 1 heterocycles. The molecular formula is C12H14ClN5O. The second kappa shape index (κ2) is 5.71. The molecule has 6 nitrogen and oxygen atoms in total. The molecule has 0 aliphatic rings. The third-order valence-electron chi connectivity index (χ3n) is 2.44.